The van der Waals surface area contributed by atoms with Crippen LogP contribution in [0, 0.1) is 0 Å². The van der Waals surface area contributed by atoms with Gasteiger partial charge in [-0.3, -0.25) is 4.79 Å². The molecule has 5 heteroatoms. The highest BCUT2D eigenvalue weighted by Crippen LogP contribution is 2.26. The third-order valence-electron chi connectivity index (χ3n) is 1.49. The van der Waals surface area contributed by atoms with Gasteiger partial charge in [0.15, 0.2) is 18.2 Å². The molecule has 0 spiro atoms. The lowest BCUT2D eigenvalue weighted by Gasteiger charge is -2.16. The number of nitrogens with two attached hydrogens (primary N) is 1. The number of nitrogens with zero attached hydrogens (tertiary/aromatic N) is 1. The summed E-state index contributed by atoms with van der Waals surface area (Å²) >= 11 is 0. The maximum atomic E-state index is 10.8. The van der Waals surface area contributed by atoms with Crippen molar-refractivity contribution in [2.75, 3.05) is 17.7 Å². The summed E-state index contributed by atoms with van der Waals surface area (Å²) in [5.41, 5.74) is 5.98. The Balaban J connectivity index is 2.43. The van der Waals surface area contributed by atoms with Gasteiger partial charge in [0, 0.05) is 6.07 Å². The lowest BCUT2D eigenvalue weighted by atomic mass is 10.3. The molecular formula is C7H7N3O2. The second-order valence-corrected chi connectivity index (χ2v) is 2.45. The van der Waals surface area contributed by atoms with Gasteiger partial charge in [0.05, 0.1) is 11.9 Å². The number of hydrogen-bond donors (Lipinski definition) is 2. The van der Waals surface area contributed by atoms with Crippen molar-refractivity contribution in [1.82, 2.24) is 4.98 Å². The van der Waals surface area contributed by atoms with Crippen molar-refractivity contribution in [1.29, 1.82) is 0 Å². The van der Waals surface area contributed by atoms with E-state index in [1.807, 2.05) is 0 Å². The molecule has 0 saturated heterocycles. The smallest absolute Gasteiger partial charge is 0.263 e. The van der Waals surface area contributed by atoms with Crippen LogP contribution in [-0.2, 0) is 4.79 Å². The van der Waals surface area contributed by atoms with Crippen molar-refractivity contribution in [3.63, 3.8) is 0 Å². The van der Waals surface area contributed by atoms with Gasteiger partial charge in [-0.2, -0.15) is 0 Å². The van der Waals surface area contributed by atoms with Crippen molar-refractivity contribution < 1.29 is 9.53 Å². The highest BCUT2D eigenvalue weighted by atomic mass is 16.5. The summed E-state index contributed by atoms with van der Waals surface area (Å²) in [5, 5.41) is 2.56. The van der Waals surface area contributed by atoms with Crippen LogP contribution in [0.4, 0.5) is 11.5 Å². The van der Waals surface area contributed by atoms with Crippen LogP contribution in [0.3, 0.4) is 0 Å². The Labute approximate surface area is 68.5 Å². The van der Waals surface area contributed by atoms with Gasteiger partial charge in [-0.1, -0.05) is 0 Å². The molecular weight excluding hydrogens is 158 g/mol. The fraction of sp³-hybridized carbons (Fsp3) is 0.143. The number of nitrogen functional groups attached to an aromatic ring is 1. The fourth-order valence-corrected chi connectivity index (χ4v) is 0.975. The fourth-order valence-electron chi connectivity index (χ4n) is 0.975. The van der Waals surface area contributed by atoms with E-state index >= 15 is 0 Å². The summed E-state index contributed by atoms with van der Waals surface area (Å²) in [6.45, 7) is 0.0259. The molecule has 0 fully saturated rings. The first-order valence-electron chi connectivity index (χ1n) is 3.44. The summed E-state index contributed by atoms with van der Waals surface area (Å²) in [4.78, 5) is 14.7. The largest absolute Gasteiger partial charge is 0.480 e. The molecule has 0 radical (unpaired) electrons. The van der Waals surface area contributed by atoms with E-state index in [0.717, 1.165) is 0 Å². The first-order valence-corrected chi connectivity index (χ1v) is 3.44. The standard InChI is InChI=1S/C7H7N3O2/c8-4-1-5-7(9-2-4)10-6(11)3-12-5/h1-2H,3,8H2,(H,9,10,11). The van der Waals surface area contributed by atoms with Gasteiger partial charge in [-0.15, -0.1) is 0 Å². The second kappa shape index (κ2) is 2.37. The average Bonchev–Trinajstić information content (AvgIpc) is 2.05. The van der Waals surface area contributed by atoms with Crippen LogP contribution in [0.1, 0.15) is 0 Å². The van der Waals surface area contributed by atoms with Crippen LogP contribution < -0.4 is 15.8 Å². The number of anilines is 2. The van der Waals surface area contributed by atoms with Crippen LogP contribution in [0.25, 0.3) is 0 Å². The number of fused-ring (bicyclic) bond motifs is 1. The Kier molecular flexibility index (Phi) is 1.36. The van der Waals surface area contributed by atoms with E-state index in [1.165, 1.54) is 6.20 Å². The normalized spacial score (nSPS) is 14.5. The molecule has 0 saturated carbocycles. The molecule has 1 aromatic rings. The maximum absolute atomic E-state index is 10.8. The van der Waals surface area contributed by atoms with Crippen molar-refractivity contribution >= 4 is 17.4 Å². The van der Waals surface area contributed by atoms with Gasteiger partial charge in [-0.25, -0.2) is 4.98 Å². The summed E-state index contributed by atoms with van der Waals surface area (Å²) in [7, 11) is 0. The third kappa shape index (κ3) is 1.05. The molecule has 0 bridgehead atoms. The van der Waals surface area contributed by atoms with Crippen molar-refractivity contribution in [2.45, 2.75) is 0 Å². The minimum absolute atomic E-state index is 0.0259. The maximum Gasteiger partial charge on any atom is 0.263 e. The molecule has 5 nitrogen and oxygen atoms in total. The second-order valence-electron chi connectivity index (χ2n) is 2.45. The lowest BCUT2D eigenvalue weighted by Crippen LogP contribution is -2.26. The Morgan fingerprint density at radius 2 is 2.50 bits per heavy atom. The zero-order valence-corrected chi connectivity index (χ0v) is 6.20. The minimum atomic E-state index is -0.195. The number of amides is 1. The number of carbonyl (C=O) groups excluding carboxylic acids is 1. The van der Waals surface area contributed by atoms with Gasteiger partial charge < -0.3 is 15.8 Å². The molecule has 2 rings (SSSR count). The van der Waals surface area contributed by atoms with E-state index in [2.05, 4.69) is 10.3 Å². The van der Waals surface area contributed by atoms with Crippen LogP contribution in [0.15, 0.2) is 12.3 Å². The molecule has 62 valence electrons. The minimum Gasteiger partial charge on any atom is -0.480 e. The number of aromatic nitrogens is 1. The van der Waals surface area contributed by atoms with Gasteiger partial charge in [0.1, 0.15) is 0 Å². The first kappa shape index (κ1) is 6.90. The van der Waals surface area contributed by atoms with Crippen LogP contribution >= 0.6 is 0 Å². The Bertz CT molecular complexity index is 337. The summed E-state index contributed by atoms with van der Waals surface area (Å²) in [6, 6.07) is 1.63. The number of nitrogens with one attached hydrogen (secondary N) is 1. The SMILES string of the molecule is Nc1cnc2c(c1)OCC(=O)N2. The molecule has 0 aromatic carbocycles. The van der Waals surface area contributed by atoms with E-state index < -0.39 is 0 Å². The average molecular weight is 165 g/mol. The first-order chi connectivity index (χ1) is 5.75. The van der Waals surface area contributed by atoms with Gasteiger partial charge >= 0.3 is 0 Å². The Morgan fingerprint density at radius 3 is 3.33 bits per heavy atom. The molecule has 1 aliphatic heterocycles. The summed E-state index contributed by atoms with van der Waals surface area (Å²) in [6.07, 6.45) is 1.47. The number of rotatable bonds is 0. The highest BCUT2D eigenvalue weighted by molar-refractivity contribution is 5.94. The predicted molar refractivity (Wildman–Crippen MR) is 42.8 cm³/mol. The van der Waals surface area contributed by atoms with Crippen LogP contribution in [0.2, 0.25) is 0 Å². The predicted octanol–water partition coefficient (Wildman–Crippen LogP) is -0.00530. The van der Waals surface area contributed by atoms with E-state index in [1.54, 1.807) is 6.07 Å². The number of pyridine rings is 1. The molecule has 1 amide bonds. The Morgan fingerprint density at radius 1 is 1.67 bits per heavy atom. The molecule has 1 aromatic heterocycles. The van der Waals surface area contributed by atoms with Crippen molar-refractivity contribution in [2.24, 2.45) is 0 Å². The quantitative estimate of drug-likeness (QED) is 0.567. The zero-order chi connectivity index (χ0) is 8.55. The lowest BCUT2D eigenvalue weighted by molar-refractivity contribution is -0.118. The molecule has 0 aliphatic carbocycles. The van der Waals surface area contributed by atoms with Gasteiger partial charge in [-0.05, 0) is 0 Å². The zero-order valence-electron chi connectivity index (χ0n) is 6.20. The highest BCUT2D eigenvalue weighted by Gasteiger charge is 2.16. The number of hydrogen-bond acceptors (Lipinski definition) is 4. The molecule has 0 unspecified atom stereocenters. The molecule has 3 N–H and O–H groups in total. The van der Waals surface area contributed by atoms with Gasteiger partial charge in [0.25, 0.3) is 5.91 Å². The molecule has 2 heterocycles. The summed E-state index contributed by atoms with van der Waals surface area (Å²) < 4.78 is 5.06. The van der Waals surface area contributed by atoms with Crippen molar-refractivity contribution in [3.8, 4) is 5.75 Å². The van der Waals surface area contributed by atoms with Crippen LogP contribution in [0.5, 0.6) is 5.75 Å². The van der Waals surface area contributed by atoms with E-state index in [9.17, 15) is 4.79 Å². The van der Waals surface area contributed by atoms with E-state index in [-0.39, 0.29) is 12.5 Å². The van der Waals surface area contributed by atoms with Crippen LogP contribution in [-0.4, -0.2) is 17.5 Å². The number of carbonyl (C=O) groups is 1. The molecule has 0 atom stereocenters. The van der Waals surface area contributed by atoms with Crippen molar-refractivity contribution in [3.05, 3.63) is 12.3 Å². The third-order valence-corrected chi connectivity index (χ3v) is 1.49. The van der Waals surface area contributed by atoms with E-state index in [4.69, 9.17) is 10.5 Å². The van der Waals surface area contributed by atoms with E-state index in [0.29, 0.717) is 17.3 Å². The topological polar surface area (TPSA) is 77.2 Å². The number of ether oxygens (including phenoxy) is 1. The summed E-state index contributed by atoms with van der Waals surface area (Å²) in [5.74, 6) is 0.759. The monoisotopic (exact) mass is 165 g/mol. The molecule has 12 heavy (non-hydrogen) atoms. The Hall–Kier alpha value is -1.78. The molecule has 1 aliphatic rings. The van der Waals surface area contributed by atoms with Gasteiger partial charge in [0.2, 0.25) is 0 Å².